The van der Waals surface area contributed by atoms with Gasteiger partial charge in [0.25, 0.3) is 0 Å². The maximum absolute atomic E-state index is 10.4. The van der Waals surface area contributed by atoms with E-state index in [-0.39, 0.29) is 6.10 Å². The number of aliphatic hydroxyl groups is 1. The van der Waals surface area contributed by atoms with Crippen molar-refractivity contribution in [3.05, 3.63) is 24.4 Å². The van der Waals surface area contributed by atoms with Crippen molar-refractivity contribution in [3.8, 4) is 0 Å². The standard InChI is InChI=1S/C23H35N3O2/c27-21(16-25-6-8-26(9-7-25)22-3-1-2-5-24-22)17-28-10-4-23-14-18-11-19(15-23)13-20(23)12-18/h1-3,5,18-21,27H,4,6-17H2. The van der Waals surface area contributed by atoms with E-state index >= 15 is 0 Å². The number of hydrogen-bond donors (Lipinski definition) is 1. The molecular formula is C23H35N3O2. The second-order valence-corrected chi connectivity index (χ2v) is 9.86. The molecule has 0 spiro atoms. The molecule has 4 bridgehead atoms. The fourth-order valence-corrected chi connectivity index (χ4v) is 6.92. The first-order valence-electron chi connectivity index (χ1n) is 11.3. The van der Waals surface area contributed by atoms with Crippen molar-refractivity contribution in [3.63, 3.8) is 0 Å². The van der Waals surface area contributed by atoms with Crippen LogP contribution >= 0.6 is 0 Å². The maximum Gasteiger partial charge on any atom is 0.128 e. The average Bonchev–Trinajstić information content (AvgIpc) is 3.10. The van der Waals surface area contributed by atoms with Gasteiger partial charge in [-0.3, -0.25) is 4.90 Å². The molecule has 5 fully saturated rings. The van der Waals surface area contributed by atoms with Crippen molar-refractivity contribution in [2.75, 3.05) is 50.8 Å². The summed E-state index contributed by atoms with van der Waals surface area (Å²) in [5.41, 5.74) is 0.611. The Kier molecular flexibility index (Phi) is 5.33. The number of nitrogens with zero attached hydrogens (tertiary/aromatic N) is 3. The molecule has 5 aliphatic rings. The Hall–Kier alpha value is -1.17. The Labute approximate surface area is 169 Å². The van der Waals surface area contributed by atoms with Crippen molar-refractivity contribution in [1.82, 2.24) is 9.88 Å². The lowest BCUT2D eigenvalue weighted by molar-refractivity contribution is 0.00177. The van der Waals surface area contributed by atoms with Gasteiger partial charge >= 0.3 is 0 Å². The van der Waals surface area contributed by atoms with Gasteiger partial charge in [-0.15, -0.1) is 0 Å². The molecule has 1 aromatic heterocycles. The fourth-order valence-electron chi connectivity index (χ4n) is 6.92. The number of β-amino-alcohol motifs (C(OH)–C–C–N with tert-alkyl or cyclic N) is 1. The molecule has 2 heterocycles. The van der Waals surface area contributed by atoms with Gasteiger partial charge in [0.05, 0.1) is 12.7 Å². The molecule has 1 N–H and O–H groups in total. The summed E-state index contributed by atoms with van der Waals surface area (Å²) in [5, 5.41) is 10.4. The first-order valence-corrected chi connectivity index (χ1v) is 11.3. The second kappa shape index (κ2) is 7.92. The monoisotopic (exact) mass is 385 g/mol. The van der Waals surface area contributed by atoms with E-state index in [1.807, 2.05) is 18.3 Å². The highest BCUT2D eigenvalue weighted by Gasteiger charge is 2.56. The van der Waals surface area contributed by atoms with Crippen molar-refractivity contribution in [2.24, 2.45) is 23.2 Å². The van der Waals surface area contributed by atoms with E-state index in [0.29, 0.717) is 18.6 Å². The fraction of sp³-hybridized carbons (Fsp3) is 0.783. The Morgan fingerprint density at radius 2 is 1.89 bits per heavy atom. The minimum absolute atomic E-state index is 0.379. The summed E-state index contributed by atoms with van der Waals surface area (Å²) >= 11 is 0. The lowest BCUT2D eigenvalue weighted by atomic mass is 9.74. The number of hydrogen-bond acceptors (Lipinski definition) is 5. The van der Waals surface area contributed by atoms with Gasteiger partial charge in [0.15, 0.2) is 0 Å². The minimum atomic E-state index is -0.379. The van der Waals surface area contributed by atoms with Crippen molar-refractivity contribution >= 4 is 5.82 Å². The predicted molar refractivity (Wildman–Crippen MR) is 110 cm³/mol. The number of piperazine rings is 1. The van der Waals surface area contributed by atoms with E-state index < -0.39 is 0 Å². The van der Waals surface area contributed by atoms with E-state index in [2.05, 4.69) is 20.9 Å². The van der Waals surface area contributed by atoms with Crippen LogP contribution in [0.25, 0.3) is 0 Å². The summed E-state index contributed by atoms with van der Waals surface area (Å²) in [6.45, 7) is 5.92. The normalized spacial score (nSPS) is 35.6. The molecule has 3 unspecified atom stereocenters. The molecule has 28 heavy (non-hydrogen) atoms. The van der Waals surface area contributed by atoms with Crippen LogP contribution in [0.2, 0.25) is 0 Å². The lowest BCUT2D eigenvalue weighted by Gasteiger charge is -2.36. The van der Waals surface area contributed by atoms with Gasteiger partial charge in [-0.05, 0) is 73.8 Å². The number of ether oxygens (including phenoxy) is 1. The van der Waals surface area contributed by atoms with Crippen LogP contribution in [-0.4, -0.2) is 67.0 Å². The zero-order valence-electron chi connectivity index (χ0n) is 17.0. The predicted octanol–water partition coefficient (Wildman–Crippen LogP) is 2.80. The molecule has 5 nitrogen and oxygen atoms in total. The van der Waals surface area contributed by atoms with Gasteiger partial charge < -0.3 is 14.7 Å². The van der Waals surface area contributed by atoms with Crippen LogP contribution in [-0.2, 0) is 4.74 Å². The topological polar surface area (TPSA) is 48.8 Å². The van der Waals surface area contributed by atoms with E-state index in [1.54, 1.807) is 0 Å². The quantitative estimate of drug-likeness (QED) is 0.698. The highest BCUT2D eigenvalue weighted by Crippen LogP contribution is 2.66. The third-order valence-electron chi connectivity index (χ3n) is 8.03. The molecule has 5 heteroatoms. The van der Waals surface area contributed by atoms with Crippen LogP contribution in [0.3, 0.4) is 0 Å². The molecule has 4 saturated carbocycles. The third kappa shape index (κ3) is 3.81. The zero-order chi connectivity index (χ0) is 19.0. The van der Waals surface area contributed by atoms with Gasteiger partial charge in [-0.1, -0.05) is 6.07 Å². The van der Waals surface area contributed by atoms with Crippen LogP contribution in [0.15, 0.2) is 24.4 Å². The van der Waals surface area contributed by atoms with Crippen molar-refractivity contribution in [2.45, 2.75) is 44.6 Å². The largest absolute Gasteiger partial charge is 0.389 e. The Morgan fingerprint density at radius 1 is 1.11 bits per heavy atom. The number of aliphatic hydroxyl groups excluding tert-OH is 1. The van der Waals surface area contributed by atoms with Gasteiger partial charge in [0, 0.05) is 45.5 Å². The smallest absolute Gasteiger partial charge is 0.128 e. The number of pyridine rings is 1. The number of rotatable bonds is 8. The van der Waals surface area contributed by atoms with E-state index in [0.717, 1.165) is 56.4 Å². The highest BCUT2D eigenvalue weighted by atomic mass is 16.5. The van der Waals surface area contributed by atoms with Gasteiger partial charge in [0.1, 0.15) is 5.82 Å². The minimum Gasteiger partial charge on any atom is -0.389 e. The molecule has 154 valence electrons. The summed E-state index contributed by atoms with van der Waals surface area (Å²) in [5.74, 6) is 4.08. The SMILES string of the molecule is OC(COCCC12CC3CC(CC1C3)C2)CN1CCN(c2ccccn2)CC1. The summed E-state index contributed by atoms with van der Waals surface area (Å²) in [7, 11) is 0. The Bertz CT molecular complexity index is 633. The average molecular weight is 386 g/mol. The van der Waals surface area contributed by atoms with Crippen LogP contribution in [0.1, 0.15) is 38.5 Å². The Balaban J connectivity index is 0.996. The molecule has 4 aliphatic carbocycles. The van der Waals surface area contributed by atoms with Crippen LogP contribution in [0, 0.1) is 23.2 Å². The van der Waals surface area contributed by atoms with Gasteiger partial charge in [0.2, 0.25) is 0 Å². The Morgan fingerprint density at radius 3 is 2.61 bits per heavy atom. The molecule has 1 saturated heterocycles. The third-order valence-corrected chi connectivity index (χ3v) is 8.03. The van der Waals surface area contributed by atoms with Crippen LogP contribution < -0.4 is 4.90 Å². The maximum atomic E-state index is 10.4. The number of anilines is 1. The number of aromatic nitrogens is 1. The lowest BCUT2D eigenvalue weighted by Crippen LogP contribution is -2.49. The summed E-state index contributed by atoms with van der Waals surface area (Å²) < 4.78 is 5.95. The van der Waals surface area contributed by atoms with E-state index in [4.69, 9.17) is 4.74 Å². The molecular weight excluding hydrogens is 350 g/mol. The highest BCUT2D eigenvalue weighted by molar-refractivity contribution is 5.38. The molecule has 3 atom stereocenters. The van der Waals surface area contributed by atoms with Crippen LogP contribution in [0.4, 0.5) is 5.82 Å². The molecule has 1 aliphatic heterocycles. The van der Waals surface area contributed by atoms with E-state index in [1.165, 1.54) is 38.5 Å². The van der Waals surface area contributed by atoms with Crippen molar-refractivity contribution in [1.29, 1.82) is 0 Å². The van der Waals surface area contributed by atoms with Gasteiger partial charge in [-0.2, -0.15) is 0 Å². The molecule has 0 aromatic carbocycles. The molecule has 1 aromatic rings. The van der Waals surface area contributed by atoms with Gasteiger partial charge in [-0.25, -0.2) is 4.98 Å². The molecule has 0 amide bonds. The first kappa shape index (κ1) is 18.8. The molecule has 6 rings (SSSR count). The summed E-state index contributed by atoms with van der Waals surface area (Å²) in [4.78, 5) is 9.11. The summed E-state index contributed by atoms with van der Waals surface area (Å²) in [6.07, 6.45) is 10.1. The first-order chi connectivity index (χ1) is 13.7. The van der Waals surface area contributed by atoms with Crippen molar-refractivity contribution < 1.29 is 9.84 Å². The molecule has 0 radical (unpaired) electrons. The summed E-state index contributed by atoms with van der Waals surface area (Å²) in [6, 6.07) is 6.07. The van der Waals surface area contributed by atoms with Crippen LogP contribution in [0.5, 0.6) is 0 Å². The zero-order valence-corrected chi connectivity index (χ0v) is 17.0. The second-order valence-electron chi connectivity index (χ2n) is 9.86. The van der Waals surface area contributed by atoms with E-state index in [9.17, 15) is 5.11 Å².